The molecular weight excluding hydrogens is 331 g/mol. The Morgan fingerprint density at radius 2 is 1.88 bits per heavy atom. The lowest BCUT2D eigenvalue weighted by Gasteiger charge is -2.48. The van der Waals surface area contributed by atoms with Crippen LogP contribution in [0, 0.1) is 5.82 Å². The standard InChI is InChI=1S/C17H25FN2O3S/c1-2-20(15-7-9-23-10-8-15)16-11-19(12-16)24(21,22)13-14-5-3-4-6-17(14)18/h3-6,15-16H,2,7-13H2,1H3. The zero-order valence-corrected chi connectivity index (χ0v) is 14.8. The molecule has 2 saturated heterocycles. The van der Waals surface area contributed by atoms with Crippen LogP contribution in [0.25, 0.3) is 0 Å². The van der Waals surface area contributed by atoms with Gasteiger partial charge in [0.15, 0.2) is 0 Å². The zero-order valence-electron chi connectivity index (χ0n) is 14.0. The van der Waals surface area contributed by atoms with Gasteiger partial charge in [-0.2, -0.15) is 4.31 Å². The van der Waals surface area contributed by atoms with Gasteiger partial charge < -0.3 is 4.74 Å². The third-order valence-electron chi connectivity index (χ3n) is 5.01. The van der Waals surface area contributed by atoms with Gasteiger partial charge in [0.2, 0.25) is 10.0 Å². The Labute approximate surface area is 143 Å². The molecular formula is C17H25FN2O3S. The Morgan fingerprint density at radius 3 is 2.50 bits per heavy atom. The van der Waals surface area contributed by atoms with Crippen LogP contribution >= 0.6 is 0 Å². The number of halogens is 1. The van der Waals surface area contributed by atoms with E-state index in [4.69, 9.17) is 4.74 Å². The number of likely N-dealkylation sites (N-methyl/N-ethyl adjacent to an activating group) is 1. The van der Waals surface area contributed by atoms with E-state index in [9.17, 15) is 12.8 Å². The fraction of sp³-hybridized carbons (Fsp3) is 0.647. The highest BCUT2D eigenvalue weighted by Crippen LogP contribution is 2.26. The van der Waals surface area contributed by atoms with Crippen molar-refractivity contribution in [1.82, 2.24) is 9.21 Å². The molecule has 3 rings (SSSR count). The minimum absolute atomic E-state index is 0.234. The van der Waals surface area contributed by atoms with Gasteiger partial charge in [-0.3, -0.25) is 4.90 Å². The molecule has 2 heterocycles. The fourth-order valence-corrected chi connectivity index (χ4v) is 5.20. The van der Waals surface area contributed by atoms with Gasteiger partial charge in [-0.25, -0.2) is 12.8 Å². The molecule has 0 bridgehead atoms. The summed E-state index contributed by atoms with van der Waals surface area (Å²) >= 11 is 0. The summed E-state index contributed by atoms with van der Waals surface area (Å²) in [6.45, 7) is 5.60. The number of hydrogen-bond acceptors (Lipinski definition) is 4. The van der Waals surface area contributed by atoms with Crippen LogP contribution in [0.5, 0.6) is 0 Å². The van der Waals surface area contributed by atoms with E-state index in [-0.39, 0.29) is 17.4 Å². The first-order valence-electron chi connectivity index (χ1n) is 8.56. The summed E-state index contributed by atoms with van der Waals surface area (Å²) in [6, 6.07) is 6.80. The molecule has 1 aromatic carbocycles. The van der Waals surface area contributed by atoms with E-state index < -0.39 is 15.8 Å². The summed E-state index contributed by atoms with van der Waals surface area (Å²) < 4.78 is 45.6. The number of benzene rings is 1. The molecule has 134 valence electrons. The van der Waals surface area contributed by atoms with Crippen LogP contribution in [0.4, 0.5) is 4.39 Å². The maximum atomic E-state index is 13.7. The molecule has 0 N–H and O–H groups in total. The Balaban J connectivity index is 1.59. The molecule has 1 aromatic rings. The van der Waals surface area contributed by atoms with Gasteiger partial charge in [-0.1, -0.05) is 25.1 Å². The van der Waals surface area contributed by atoms with E-state index in [0.717, 1.165) is 32.6 Å². The molecule has 0 unspecified atom stereocenters. The largest absolute Gasteiger partial charge is 0.381 e. The van der Waals surface area contributed by atoms with Crippen LogP contribution in [-0.4, -0.2) is 62.6 Å². The molecule has 2 aliphatic rings. The van der Waals surface area contributed by atoms with Crippen molar-refractivity contribution in [1.29, 1.82) is 0 Å². The maximum absolute atomic E-state index is 13.7. The van der Waals surface area contributed by atoms with Crippen molar-refractivity contribution in [3.8, 4) is 0 Å². The second-order valence-electron chi connectivity index (χ2n) is 6.49. The fourth-order valence-electron chi connectivity index (χ4n) is 3.59. The molecule has 5 nitrogen and oxygen atoms in total. The first-order valence-corrected chi connectivity index (χ1v) is 10.2. The molecule has 0 spiro atoms. The number of sulfonamides is 1. The van der Waals surface area contributed by atoms with Gasteiger partial charge >= 0.3 is 0 Å². The quantitative estimate of drug-likeness (QED) is 0.780. The smallest absolute Gasteiger partial charge is 0.218 e. The van der Waals surface area contributed by atoms with E-state index in [1.807, 2.05) is 0 Å². The van der Waals surface area contributed by atoms with Crippen molar-refractivity contribution in [3.05, 3.63) is 35.6 Å². The lowest BCUT2D eigenvalue weighted by Crippen LogP contribution is -2.63. The summed E-state index contributed by atoms with van der Waals surface area (Å²) in [5.74, 6) is -0.731. The van der Waals surface area contributed by atoms with Crippen molar-refractivity contribution < 1.29 is 17.5 Å². The summed E-state index contributed by atoms with van der Waals surface area (Å²) in [5, 5.41) is 0. The SMILES string of the molecule is CCN(C1CCOCC1)C1CN(S(=O)(=O)Cc2ccccc2F)C1. The van der Waals surface area contributed by atoms with Crippen LogP contribution in [0.3, 0.4) is 0 Å². The van der Waals surface area contributed by atoms with Crippen molar-refractivity contribution >= 4 is 10.0 Å². The summed E-state index contributed by atoms with van der Waals surface area (Å²) in [6.07, 6.45) is 2.01. The van der Waals surface area contributed by atoms with Crippen molar-refractivity contribution in [2.45, 2.75) is 37.6 Å². The third-order valence-corrected chi connectivity index (χ3v) is 6.77. The first-order chi connectivity index (χ1) is 11.5. The molecule has 24 heavy (non-hydrogen) atoms. The molecule has 0 amide bonds. The van der Waals surface area contributed by atoms with Gasteiger partial charge in [0.1, 0.15) is 5.82 Å². The minimum atomic E-state index is -3.46. The monoisotopic (exact) mass is 356 g/mol. The van der Waals surface area contributed by atoms with Crippen LogP contribution in [-0.2, 0) is 20.5 Å². The molecule has 0 atom stereocenters. The van der Waals surface area contributed by atoms with E-state index >= 15 is 0 Å². The zero-order chi connectivity index (χ0) is 17.2. The van der Waals surface area contributed by atoms with Gasteiger partial charge in [0.05, 0.1) is 5.75 Å². The van der Waals surface area contributed by atoms with Crippen molar-refractivity contribution in [2.75, 3.05) is 32.8 Å². The van der Waals surface area contributed by atoms with Gasteiger partial charge in [0.25, 0.3) is 0 Å². The maximum Gasteiger partial charge on any atom is 0.218 e. The van der Waals surface area contributed by atoms with Crippen LogP contribution in [0.15, 0.2) is 24.3 Å². The number of ether oxygens (including phenoxy) is 1. The van der Waals surface area contributed by atoms with Crippen LogP contribution in [0.2, 0.25) is 0 Å². The Morgan fingerprint density at radius 1 is 1.21 bits per heavy atom. The Bertz CT molecular complexity index is 656. The number of rotatable bonds is 6. The summed E-state index contributed by atoms with van der Waals surface area (Å²) in [5.41, 5.74) is 0.234. The van der Waals surface area contributed by atoms with E-state index in [1.165, 1.54) is 16.4 Å². The normalized spacial score (nSPS) is 21.1. The second kappa shape index (κ2) is 7.47. The topological polar surface area (TPSA) is 49.9 Å². The van der Waals surface area contributed by atoms with E-state index in [1.54, 1.807) is 12.1 Å². The molecule has 7 heteroatoms. The van der Waals surface area contributed by atoms with E-state index in [2.05, 4.69) is 11.8 Å². The van der Waals surface area contributed by atoms with Gasteiger partial charge in [-0.15, -0.1) is 0 Å². The molecule has 0 aliphatic carbocycles. The lowest BCUT2D eigenvalue weighted by molar-refractivity contribution is -0.00750. The van der Waals surface area contributed by atoms with Crippen molar-refractivity contribution in [2.24, 2.45) is 0 Å². The number of hydrogen-bond donors (Lipinski definition) is 0. The molecule has 0 saturated carbocycles. The summed E-state index contributed by atoms with van der Waals surface area (Å²) in [4.78, 5) is 2.40. The Kier molecular flexibility index (Phi) is 5.54. The third kappa shape index (κ3) is 3.79. The molecule has 0 radical (unpaired) electrons. The Hall–Kier alpha value is -1.02. The first kappa shape index (κ1) is 17.8. The van der Waals surface area contributed by atoms with Gasteiger partial charge in [-0.05, 0) is 25.5 Å². The molecule has 0 aromatic heterocycles. The lowest BCUT2D eigenvalue weighted by atomic mass is 10.0. The average Bonchev–Trinajstić information content (AvgIpc) is 2.53. The predicted molar refractivity (Wildman–Crippen MR) is 90.6 cm³/mol. The van der Waals surface area contributed by atoms with Crippen LogP contribution < -0.4 is 0 Å². The van der Waals surface area contributed by atoms with Gasteiger partial charge in [0, 0.05) is 44.0 Å². The highest BCUT2D eigenvalue weighted by molar-refractivity contribution is 7.88. The second-order valence-corrected chi connectivity index (χ2v) is 8.46. The average molecular weight is 356 g/mol. The summed E-state index contributed by atoms with van der Waals surface area (Å²) in [7, 11) is -3.46. The molecule has 2 aliphatic heterocycles. The van der Waals surface area contributed by atoms with Crippen LogP contribution in [0.1, 0.15) is 25.3 Å². The van der Waals surface area contributed by atoms with E-state index in [0.29, 0.717) is 19.1 Å². The molecule has 2 fully saturated rings. The predicted octanol–water partition coefficient (Wildman–Crippen LogP) is 1.84. The minimum Gasteiger partial charge on any atom is -0.381 e. The number of nitrogens with zero attached hydrogens (tertiary/aromatic N) is 2. The highest BCUT2D eigenvalue weighted by atomic mass is 32.2. The highest BCUT2D eigenvalue weighted by Gasteiger charge is 2.40. The van der Waals surface area contributed by atoms with Crippen molar-refractivity contribution in [3.63, 3.8) is 0 Å².